The van der Waals surface area contributed by atoms with Crippen LogP contribution in [0.2, 0.25) is 0 Å². The molecule has 0 saturated carbocycles. The molecule has 1 fully saturated rings. The lowest BCUT2D eigenvalue weighted by molar-refractivity contribution is 0.0734. The topological polar surface area (TPSA) is 37.4 Å². The number of nitrogens with one attached hydrogen (secondary N) is 1. The van der Waals surface area contributed by atoms with Gasteiger partial charge in [-0.15, -0.1) is 0 Å². The van der Waals surface area contributed by atoms with Gasteiger partial charge in [-0.05, 0) is 38.8 Å². The summed E-state index contributed by atoms with van der Waals surface area (Å²) in [5.41, 5.74) is 2.43. The van der Waals surface area contributed by atoms with Gasteiger partial charge >= 0.3 is 0 Å². The predicted octanol–water partition coefficient (Wildman–Crippen LogP) is 1.90. The summed E-state index contributed by atoms with van der Waals surface area (Å²) in [5.74, 6) is 1.18. The Bertz CT molecular complexity index is 463. The molecule has 0 unspecified atom stereocenters. The third kappa shape index (κ3) is 2.23. The van der Waals surface area contributed by atoms with E-state index in [1.807, 2.05) is 6.92 Å². The van der Waals surface area contributed by atoms with Crippen LogP contribution in [0.4, 0.5) is 5.82 Å². The molecule has 0 bridgehead atoms. The molecule has 104 valence electrons. The molecule has 4 heteroatoms. The fourth-order valence-electron chi connectivity index (χ4n) is 3.26. The van der Waals surface area contributed by atoms with Gasteiger partial charge < -0.3 is 15.0 Å². The van der Waals surface area contributed by atoms with Gasteiger partial charge in [-0.2, -0.15) is 0 Å². The van der Waals surface area contributed by atoms with Gasteiger partial charge in [0.2, 0.25) is 0 Å². The fraction of sp³-hybridized carbons (Fsp3) is 0.667. The van der Waals surface area contributed by atoms with E-state index in [0.717, 1.165) is 31.8 Å². The summed E-state index contributed by atoms with van der Waals surface area (Å²) < 4.78 is 5.66. The van der Waals surface area contributed by atoms with E-state index in [1.54, 1.807) is 0 Å². The van der Waals surface area contributed by atoms with Gasteiger partial charge in [0, 0.05) is 31.8 Å². The van der Waals surface area contributed by atoms with Crippen LogP contribution in [0.3, 0.4) is 0 Å². The van der Waals surface area contributed by atoms with Crippen LogP contribution in [-0.4, -0.2) is 36.8 Å². The molecular formula is C15H23N3O. The van der Waals surface area contributed by atoms with E-state index >= 15 is 0 Å². The van der Waals surface area contributed by atoms with Gasteiger partial charge in [0.1, 0.15) is 5.82 Å². The van der Waals surface area contributed by atoms with Gasteiger partial charge in [0.05, 0.1) is 11.8 Å². The third-order valence-corrected chi connectivity index (χ3v) is 4.20. The lowest BCUT2D eigenvalue weighted by Gasteiger charge is -2.37. The molecule has 3 atom stereocenters. The van der Waals surface area contributed by atoms with Gasteiger partial charge in [0.15, 0.2) is 0 Å². The van der Waals surface area contributed by atoms with E-state index in [9.17, 15) is 0 Å². The first-order valence-corrected chi connectivity index (χ1v) is 7.31. The number of hydrogen-bond donors (Lipinski definition) is 1. The van der Waals surface area contributed by atoms with Crippen molar-refractivity contribution in [1.82, 2.24) is 10.3 Å². The van der Waals surface area contributed by atoms with Crippen LogP contribution in [0.25, 0.3) is 0 Å². The van der Waals surface area contributed by atoms with Crippen LogP contribution < -0.4 is 10.2 Å². The maximum absolute atomic E-state index is 5.66. The Balaban J connectivity index is 1.91. The molecule has 0 amide bonds. The maximum Gasteiger partial charge on any atom is 0.132 e. The van der Waals surface area contributed by atoms with E-state index < -0.39 is 0 Å². The van der Waals surface area contributed by atoms with Crippen LogP contribution in [0, 0.1) is 0 Å². The SMILES string of the molecule is CCO[C@H](C)c1ccc2c(n1)N1[C@@H](CNC[C@H]1C)C2. The third-order valence-electron chi connectivity index (χ3n) is 4.20. The summed E-state index contributed by atoms with van der Waals surface area (Å²) in [7, 11) is 0. The van der Waals surface area contributed by atoms with Gasteiger partial charge in [-0.25, -0.2) is 4.98 Å². The number of hydrogen-bond acceptors (Lipinski definition) is 4. The first-order valence-electron chi connectivity index (χ1n) is 7.31. The Morgan fingerprint density at radius 2 is 2.32 bits per heavy atom. The molecule has 0 aliphatic carbocycles. The van der Waals surface area contributed by atoms with Crippen molar-refractivity contribution in [2.45, 2.75) is 45.4 Å². The molecule has 0 aromatic carbocycles. The first-order chi connectivity index (χ1) is 9.20. The molecule has 1 aromatic rings. The highest BCUT2D eigenvalue weighted by molar-refractivity contribution is 5.56. The number of pyridine rings is 1. The second-order valence-corrected chi connectivity index (χ2v) is 5.59. The van der Waals surface area contributed by atoms with Crippen LogP contribution >= 0.6 is 0 Å². The zero-order valence-corrected chi connectivity index (χ0v) is 12.0. The number of anilines is 1. The molecule has 2 aliphatic rings. The summed E-state index contributed by atoms with van der Waals surface area (Å²) in [6, 6.07) is 5.45. The van der Waals surface area contributed by atoms with Crippen molar-refractivity contribution < 1.29 is 4.74 Å². The van der Waals surface area contributed by atoms with E-state index in [0.29, 0.717) is 12.1 Å². The normalized spacial score (nSPS) is 27.0. The molecule has 2 aliphatic heterocycles. The Hall–Kier alpha value is -1.13. The minimum atomic E-state index is 0.0765. The smallest absolute Gasteiger partial charge is 0.132 e. The summed E-state index contributed by atoms with van der Waals surface area (Å²) in [6.07, 6.45) is 1.19. The summed E-state index contributed by atoms with van der Waals surface area (Å²) in [4.78, 5) is 7.37. The van der Waals surface area contributed by atoms with E-state index in [-0.39, 0.29) is 6.10 Å². The molecule has 0 radical (unpaired) electrons. The summed E-state index contributed by atoms with van der Waals surface area (Å²) in [5, 5.41) is 3.50. The minimum Gasteiger partial charge on any atom is -0.372 e. The average molecular weight is 261 g/mol. The molecular weight excluding hydrogens is 238 g/mol. The number of piperazine rings is 1. The van der Waals surface area contributed by atoms with Gasteiger partial charge in [-0.3, -0.25) is 0 Å². The van der Waals surface area contributed by atoms with E-state index in [4.69, 9.17) is 9.72 Å². The summed E-state index contributed by atoms with van der Waals surface area (Å²) >= 11 is 0. The molecule has 1 saturated heterocycles. The largest absolute Gasteiger partial charge is 0.372 e. The van der Waals surface area contributed by atoms with Crippen LogP contribution in [0.1, 0.15) is 38.1 Å². The molecule has 3 heterocycles. The number of aromatic nitrogens is 1. The zero-order chi connectivity index (χ0) is 13.4. The summed E-state index contributed by atoms with van der Waals surface area (Å²) in [6.45, 7) is 9.21. The quantitative estimate of drug-likeness (QED) is 0.902. The van der Waals surface area contributed by atoms with Gasteiger partial charge in [0.25, 0.3) is 0 Å². The Kier molecular flexibility index (Phi) is 3.46. The highest BCUT2D eigenvalue weighted by Crippen LogP contribution is 2.34. The van der Waals surface area contributed by atoms with E-state index in [2.05, 4.69) is 36.2 Å². The monoisotopic (exact) mass is 261 g/mol. The standard InChI is InChI=1S/C15H23N3O/c1-4-19-11(3)14-6-5-12-7-13-9-16-8-10(2)18(13)15(12)17-14/h5-6,10-11,13,16H,4,7-9H2,1-3H3/t10-,11-,13-/m1/s1. The highest BCUT2D eigenvalue weighted by Gasteiger charge is 2.36. The highest BCUT2D eigenvalue weighted by atomic mass is 16.5. The van der Waals surface area contributed by atoms with Crippen LogP contribution in [-0.2, 0) is 11.2 Å². The molecule has 1 N–H and O–H groups in total. The lowest BCUT2D eigenvalue weighted by Crippen LogP contribution is -2.55. The minimum absolute atomic E-state index is 0.0765. The lowest BCUT2D eigenvalue weighted by atomic mass is 10.1. The van der Waals surface area contributed by atoms with Crippen molar-refractivity contribution in [1.29, 1.82) is 0 Å². The van der Waals surface area contributed by atoms with Crippen molar-refractivity contribution in [3.8, 4) is 0 Å². The molecule has 1 aromatic heterocycles. The zero-order valence-electron chi connectivity index (χ0n) is 12.0. The molecule has 4 nitrogen and oxygen atoms in total. The number of ether oxygens (including phenoxy) is 1. The van der Waals surface area contributed by atoms with E-state index in [1.165, 1.54) is 11.4 Å². The van der Waals surface area contributed by atoms with Gasteiger partial charge in [-0.1, -0.05) is 6.07 Å². The number of fused-ring (bicyclic) bond motifs is 3. The average Bonchev–Trinajstić information content (AvgIpc) is 2.77. The molecule has 0 spiro atoms. The second-order valence-electron chi connectivity index (χ2n) is 5.59. The van der Waals surface area contributed by atoms with Crippen molar-refractivity contribution >= 4 is 5.82 Å². The number of rotatable bonds is 3. The Labute approximate surface area is 115 Å². The second kappa shape index (κ2) is 5.10. The predicted molar refractivity (Wildman–Crippen MR) is 76.6 cm³/mol. The molecule has 19 heavy (non-hydrogen) atoms. The van der Waals surface area contributed by atoms with Crippen molar-refractivity contribution in [3.05, 3.63) is 23.4 Å². The van der Waals surface area contributed by atoms with Crippen molar-refractivity contribution in [2.24, 2.45) is 0 Å². The van der Waals surface area contributed by atoms with Crippen LogP contribution in [0.15, 0.2) is 12.1 Å². The van der Waals surface area contributed by atoms with Crippen LogP contribution in [0.5, 0.6) is 0 Å². The Morgan fingerprint density at radius 3 is 3.11 bits per heavy atom. The van der Waals surface area contributed by atoms with Crippen molar-refractivity contribution in [2.75, 3.05) is 24.6 Å². The Morgan fingerprint density at radius 1 is 1.47 bits per heavy atom. The molecule has 3 rings (SSSR count). The fourth-order valence-corrected chi connectivity index (χ4v) is 3.26. The van der Waals surface area contributed by atoms with Crippen molar-refractivity contribution in [3.63, 3.8) is 0 Å². The number of nitrogens with zero attached hydrogens (tertiary/aromatic N) is 2. The maximum atomic E-state index is 5.66. The first kappa shape index (κ1) is 12.9.